The third kappa shape index (κ3) is 3.18. The maximum Gasteiger partial charge on any atom is 0.155 e. The molecule has 1 aliphatic rings. The van der Waals surface area contributed by atoms with E-state index in [9.17, 15) is 8.42 Å². The van der Waals surface area contributed by atoms with Crippen LogP contribution in [0.5, 0.6) is 0 Å². The van der Waals surface area contributed by atoms with Gasteiger partial charge in [-0.1, -0.05) is 24.3 Å². The number of fused-ring (bicyclic) bond motifs is 1. The van der Waals surface area contributed by atoms with Gasteiger partial charge in [-0.05, 0) is 51.3 Å². The molecule has 2 rings (SSSR count). The second-order valence-corrected chi connectivity index (χ2v) is 9.04. The third-order valence-corrected chi connectivity index (χ3v) is 6.46. The molecule has 1 atom stereocenters. The topological polar surface area (TPSA) is 46.2 Å². The van der Waals surface area contributed by atoms with E-state index in [1.165, 1.54) is 11.1 Å². The fraction of sp³-hybridized carbons (Fsp3) is 0.600. The predicted molar refractivity (Wildman–Crippen MR) is 79.0 cm³/mol. The minimum absolute atomic E-state index is 0.169. The van der Waals surface area contributed by atoms with E-state index in [2.05, 4.69) is 17.4 Å². The standard InChI is InChI=1S/C15H23NO2S/c1-15(2,3)19(17,18)11-9-14-13-7-5-4-6-12(13)8-10-16-14/h4-7,14,16H,8-11H2,1-3H3. The SMILES string of the molecule is CC(C)(C)S(=O)(=O)CCC1NCCc2ccccc21. The Morgan fingerprint density at radius 2 is 1.95 bits per heavy atom. The van der Waals surface area contributed by atoms with Crippen molar-refractivity contribution >= 4 is 9.84 Å². The van der Waals surface area contributed by atoms with Gasteiger partial charge in [0, 0.05) is 6.04 Å². The minimum atomic E-state index is -3.04. The molecule has 1 aromatic rings. The molecule has 0 radical (unpaired) electrons. The zero-order valence-corrected chi connectivity index (χ0v) is 12.8. The molecule has 106 valence electrons. The Morgan fingerprint density at radius 3 is 2.63 bits per heavy atom. The van der Waals surface area contributed by atoms with Crippen molar-refractivity contribution in [2.24, 2.45) is 0 Å². The van der Waals surface area contributed by atoms with Crippen LogP contribution in [-0.2, 0) is 16.3 Å². The maximum absolute atomic E-state index is 12.2. The lowest BCUT2D eigenvalue weighted by molar-refractivity contribution is 0.485. The summed E-state index contributed by atoms with van der Waals surface area (Å²) in [4.78, 5) is 0. The molecule has 0 saturated carbocycles. The van der Waals surface area contributed by atoms with Crippen LogP contribution in [0.25, 0.3) is 0 Å². The van der Waals surface area contributed by atoms with E-state index in [4.69, 9.17) is 0 Å². The summed E-state index contributed by atoms with van der Waals surface area (Å²) in [6.45, 7) is 6.23. The first-order valence-electron chi connectivity index (χ1n) is 6.85. The van der Waals surface area contributed by atoms with Crippen LogP contribution in [0.4, 0.5) is 0 Å². The van der Waals surface area contributed by atoms with Crippen molar-refractivity contribution < 1.29 is 8.42 Å². The molecule has 0 fully saturated rings. The van der Waals surface area contributed by atoms with E-state index in [-0.39, 0.29) is 11.8 Å². The number of rotatable bonds is 3. The molecule has 19 heavy (non-hydrogen) atoms. The molecular formula is C15H23NO2S. The van der Waals surface area contributed by atoms with Crippen LogP contribution in [0.2, 0.25) is 0 Å². The van der Waals surface area contributed by atoms with Crippen LogP contribution >= 0.6 is 0 Å². The summed E-state index contributed by atoms with van der Waals surface area (Å²) in [5.41, 5.74) is 2.61. The van der Waals surface area contributed by atoms with Crippen molar-refractivity contribution in [3.63, 3.8) is 0 Å². The first-order valence-corrected chi connectivity index (χ1v) is 8.50. The Hall–Kier alpha value is -0.870. The number of sulfone groups is 1. The number of benzene rings is 1. The summed E-state index contributed by atoms with van der Waals surface area (Å²) >= 11 is 0. The Morgan fingerprint density at radius 1 is 1.26 bits per heavy atom. The molecule has 0 spiro atoms. The van der Waals surface area contributed by atoms with Gasteiger partial charge in [-0.25, -0.2) is 8.42 Å². The average Bonchev–Trinajstić information content (AvgIpc) is 2.35. The van der Waals surface area contributed by atoms with E-state index >= 15 is 0 Å². The summed E-state index contributed by atoms with van der Waals surface area (Å²) in [6, 6.07) is 8.49. The summed E-state index contributed by atoms with van der Waals surface area (Å²) in [6.07, 6.45) is 1.68. The Bertz CT molecular complexity index is 544. The highest BCUT2D eigenvalue weighted by Crippen LogP contribution is 2.27. The monoisotopic (exact) mass is 281 g/mol. The lowest BCUT2D eigenvalue weighted by Crippen LogP contribution is -2.35. The van der Waals surface area contributed by atoms with Crippen molar-refractivity contribution in [3.8, 4) is 0 Å². The zero-order valence-electron chi connectivity index (χ0n) is 11.9. The molecule has 3 nitrogen and oxygen atoms in total. The third-order valence-electron chi connectivity index (χ3n) is 3.82. The van der Waals surface area contributed by atoms with Gasteiger partial charge >= 0.3 is 0 Å². The van der Waals surface area contributed by atoms with E-state index in [0.717, 1.165) is 13.0 Å². The van der Waals surface area contributed by atoms with E-state index < -0.39 is 14.6 Å². The van der Waals surface area contributed by atoms with Gasteiger partial charge < -0.3 is 5.32 Å². The van der Waals surface area contributed by atoms with E-state index in [1.54, 1.807) is 20.8 Å². The molecule has 1 N–H and O–H groups in total. The lowest BCUT2D eigenvalue weighted by Gasteiger charge is -2.28. The molecule has 1 heterocycles. The van der Waals surface area contributed by atoms with Gasteiger partial charge in [-0.3, -0.25) is 0 Å². The van der Waals surface area contributed by atoms with Gasteiger partial charge in [0.05, 0.1) is 10.5 Å². The molecule has 0 bridgehead atoms. The fourth-order valence-electron chi connectivity index (χ4n) is 2.43. The van der Waals surface area contributed by atoms with Crippen molar-refractivity contribution in [1.29, 1.82) is 0 Å². The predicted octanol–water partition coefficient (Wildman–Crippen LogP) is 2.48. The largest absolute Gasteiger partial charge is 0.310 e. The van der Waals surface area contributed by atoms with Crippen LogP contribution in [0.3, 0.4) is 0 Å². The van der Waals surface area contributed by atoms with Crippen molar-refractivity contribution in [2.75, 3.05) is 12.3 Å². The average molecular weight is 281 g/mol. The smallest absolute Gasteiger partial charge is 0.155 e. The molecule has 4 heteroatoms. The van der Waals surface area contributed by atoms with Gasteiger partial charge in [-0.15, -0.1) is 0 Å². The highest BCUT2D eigenvalue weighted by Gasteiger charge is 2.30. The summed E-state index contributed by atoms with van der Waals surface area (Å²) < 4.78 is 23.7. The second kappa shape index (κ2) is 5.25. The molecular weight excluding hydrogens is 258 g/mol. The van der Waals surface area contributed by atoms with Crippen LogP contribution in [-0.4, -0.2) is 25.5 Å². The quantitative estimate of drug-likeness (QED) is 0.926. The summed E-state index contributed by atoms with van der Waals surface area (Å²) in [7, 11) is -3.04. The summed E-state index contributed by atoms with van der Waals surface area (Å²) in [5.74, 6) is 0.239. The van der Waals surface area contributed by atoms with Crippen molar-refractivity contribution in [2.45, 2.75) is 44.4 Å². The molecule has 0 aliphatic carbocycles. The van der Waals surface area contributed by atoms with Gasteiger partial charge in [0.15, 0.2) is 9.84 Å². The Labute approximate surface area is 116 Å². The molecule has 1 aromatic carbocycles. The summed E-state index contributed by atoms with van der Waals surface area (Å²) in [5, 5.41) is 3.43. The highest BCUT2D eigenvalue weighted by atomic mass is 32.2. The van der Waals surface area contributed by atoms with Crippen LogP contribution < -0.4 is 5.32 Å². The fourth-order valence-corrected chi connectivity index (χ4v) is 3.59. The first kappa shape index (κ1) is 14.5. The van der Waals surface area contributed by atoms with Crippen LogP contribution in [0.15, 0.2) is 24.3 Å². The van der Waals surface area contributed by atoms with Gasteiger partial charge in [0.1, 0.15) is 0 Å². The normalized spacial score (nSPS) is 20.1. The number of nitrogens with one attached hydrogen (secondary N) is 1. The van der Waals surface area contributed by atoms with Gasteiger partial charge in [0.2, 0.25) is 0 Å². The molecule has 1 unspecified atom stereocenters. The number of hydrogen-bond acceptors (Lipinski definition) is 3. The minimum Gasteiger partial charge on any atom is -0.310 e. The van der Waals surface area contributed by atoms with E-state index in [1.807, 2.05) is 12.1 Å². The molecule has 0 amide bonds. The van der Waals surface area contributed by atoms with Gasteiger partial charge in [-0.2, -0.15) is 0 Å². The van der Waals surface area contributed by atoms with Crippen molar-refractivity contribution in [3.05, 3.63) is 35.4 Å². The van der Waals surface area contributed by atoms with Crippen molar-refractivity contribution in [1.82, 2.24) is 5.32 Å². The zero-order chi connectivity index (χ0) is 14.1. The Kier molecular flexibility index (Phi) is 4.02. The van der Waals surface area contributed by atoms with Crippen LogP contribution in [0.1, 0.15) is 44.4 Å². The number of hydrogen-bond donors (Lipinski definition) is 1. The molecule has 0 aromatic heterocycles. The highest BCUT2D eigenvalue weighted by molar-refractivity contribution is 7.92. The Balaban J connectivity index is 2.11. The molecule has 1 aliphatic heterocycles. The van der Waals surface area contributed by atoms with E-state index in [0.29, 0.717) is 6.42 Å². The van der Waals surface area contributed by atoms with Crippen LogP contribution in [0, 0.1) is 0 Å². The second-order valence-electron chi connectivity index (χ2n) is 6.18. The lowest BCUT2D eigenvalue weighted by atomic mass is 9.93. The maximum atomic E-state index is 12.2. The molecule has 0 saturated heterocycles. The first-order chi connectivity index (χ1) is 8.81. The van der Waals surface area contributed by atoms with Gasteiger partial charge in [0.25, 0.3) is 0 Å².